The number of carbonyl (C=O) groups excluding carboxylic acids is 2. The summed E-state index contributed by atoms with van der Waals surface area (Å²) in [7, 11) is 3.42. The predicted molar refractivity (Wildman–Crippen MR) is 116 cm³/mol. The van der Waals surface area contributed by atoms with E-state index in [0.29, 0.717) is 17.7 Å². The summed E-state index contributed by atoms with van der Waals surface area (Å²) in [5, 5.41) is 3.41. The first kappa shape index (κ1) is 22.8. The number of aromatic nitrogens is 1. The number of nitrogens with zero attached hydrogens (tertiary/aromatic N) is 3. The summed E-state index contributed by atoms with van der Waals surface area (Å²) in [5.74, 6) is -0.157. The van der Waals surface area contributed by atoms with Crippen LogP contribution in [0.5, 0.6) is 0 Å². The Morgan fingerprint density at radius 2 is 1.79 bits per heavy atom. The van der Waals surface area contributed by atoms with Gasteiger partial charge in [0, 0.05) is 37.5 Å². The molecule has 1 aromatic heterocycles. The Labute approximate surface area is 178 Å². The Morgan fingerprint density at radius 1 is 1.03 bits per heavy atom. The van der Waals surface area contributed by atoms with Crippen molar-refractivity contribution in [3.63, 3.8) is 0 Å². The van der Waals surface area contributed by atoms with Crippen molar-refractivity contribution in [3.8, 4) is 0 Å². The number of hydrogen-bond donors (Lipinski definition) is 1. The summed E-state index contributed by atoms with van der Waals surface area (Å²) in [4.78, 5) is 33.6. The van der Waals surface area contributed by atoms with Crippen LogP contribution in [-0.4, -0.2) is 59.8 Å². The molecule has 1 N–H and O–H groups in total. The van der Waals surface area contributed by atoms with E-state index in [4.69, 9.17) is 0 Å². The number of benzene rings is 1. The fraction of sp³-hybridized carbons (Fsp3) is 0.409. The van der Waals surface area contributed by atoms with Crippen LogP contribution in [0, 0.1) is 0 Å². The lowest BCUT2D eigenvalue weighted by Crippen LogP contribution is -2.40. The van der Waals surface area contributed by atoms with Crippen molar-refractivity contribution in [3.05, 3.63) is 65.5 Å². The lowest BCUT2D eigenvalue weighted by atomic mass is 10.0. The van der Waals surface area contributed by atoms with Gasteiger partial charge < -0.3 is 15.1 Å². The third-order valence-corrected chi connectivity index (χ3v) is 5.07. The van der Waals surface area contributed by atoms with Gasteiger partial charge in [-0.05, 0) is 62.7 Å². The van der Waals surface area contributed by atoms with Crippen molar-refractivity contribution in [2.75, 3.05) is 27.2 Å². The minimum Gasteiger partial charge on any atom is -0.345 e. The predicted octanol–water partition coefficient (Wildman–Crippen LogP) is 2.99. The fourth-order valence-corrected chi connectivity index (χ4v) is 3.55. The van der Waals surface area contributed by atoms with Crippen LogP contribution in [0.1, 0.15) is 45.7 Å². The summed E-state index contributed by atoms with van der Waals surface area (Å²) in [6, 6.07) is 12.9. The molecular formula is C22H29ClN4O2. The minimum absolute atomic E-state index is 0. The van der Waals surface area contributed by atoms with Gasteiger partial charge in [-0.2, -0.15) is 0 Å². The summed E-state index contributed by atoms with van der Waals surface area (Å²) in [6.07, 6.45) is 4.66. The molecule has 6 nitrogen and oxygen atoms in total. The van der Waals surface area contributed by atoms with Crippen LogP contribution in [0.25, 0.3) is 0 Å². The molecule has 7 heteroatoms. The van der Waals surface area contributed by atoms with E-state index < -0.39 is 0 Å². The smallest absolute Gasteiger partial charge is 0.254 e. The second-order valence-electron chi connectivity index (χ2n) is 7.37. The van der Waals surface area contributed by atoms with Crippen LogP contribution < -0.4 is 5.32 Å². The standard InChI is InChI=1S/C22H28N4O2.ClH/c1-25(2)21(27)17-7-5-8-18(15-17)22(28)26(16-19-9-3-4-13-24-19)20-10-6-12-23-14-11-20;/h3-5,7-9,13,15,20,23H,6,10-12,14,16H2,1-2H3;1H. The fourth-order valence-electron chi connectivity index (χ4n) is 3.55. The Morgan fingerprint density at radius 3 is 2.48 bits per heavy atom. The van der Waals surface area contributed by atoms with Crippen LogP contribution in [0.2, 0.25) is 0 Å². The molecule has 1 atom stereocenters. The third kappa shape index (κ3) is 6.02. The molecule has 1 aliphatic heterocycles. The summed E-state index contributed by atoms with van der Waals surface area (Å²) >= 11 is 0. The summed E-state index contributed by atoms with van der Waals surface area (Å²) in [5.41, 5.74) is 1.94. The minimum atomic E-state index is -0.107. The second-order valence-corrected chi connectivity index (χ2v) is 7.37. The van der Waals surface area contributed by atoms with Gasteiger partial charge in [0.25, 0.3) is 11.8 Å². The number of nitrogens with one attached hydrogen (secondary N) is 1. The average molecular weight is 417 g/mol. The maximum atomic E-state index is 13.5. The highest BCUT2D eigenvalue weighted by molar-refractivity contribution is 5.99. The molecule has 0 spiro atoms. The lowest BCUT2D eigenvalue weighted by molar-refractivity contribution is 0.0642. The van der Waals surface area contributed by atoms with Gasteiger partial charge >= 0.3 is 0 Å². The molecule has 0 aliphatic carbocycles. The number of carbonyl (C=O) groups is 2. The highest BCUT2D eigenvalue weighted by atomic mass is 35.5. The Hall–Kier alpha value is -2.44. The summed E-state index contributed by atoms with van der Waals surface area (Å²) in [6.45, 7) is 2.35. The van der Waals surface area contributed by atoms with E-state index in [9.17, 15) is 9.59 Å². The van der Waals surface area contributed by atoms with Crippen molar-refractivity contribution in [2.24, 2.45) is 0 Å². The van der Waals surface area contributed by atoms with Crippen molar-refractivity contribution in [2.45, 2.75) is 31.8 Å². The molecule has 156 valence electrons. The first-order valence-electron chi connectivity index (χ1n) is 9.79. The van der Waals surface area contributed by atoms with E-state index in [2.05, 4.69) is 10.3 Å². The largest absolute Gasteiger partial charge is 0.345 e. The van der Waals surface area contributed by atoms with Crippen LogP contribution in [0.3, 0.4) is 0 Å². The van der Waals surface area contributed by atoms with Gasteiger partial charge in [0.15, 0.2) is 0 Å². The van der Waals surface area contributed by atoms with Crippen molar-refractivity contribution in [1.82, 2.24) is 20.1 Å². The van der Waals surface area contributed by atoms with Gasteiger partial charge in [0.2, 0.25) is 0 Å². The Kier molecular flexibility index (Phi) is 8.61. The van der Waals surface area contributed by atoms with Gasteiger partial charge in [0.05, 0.1) is 12.2 Å². The zero-order valence-electron chi connectivity index (χ0n) is 17.0. The van der Waals surface area contributed by atoms with Crippen molar-refractivity contribution in [1.29, 1.82) is 0 Å². The molecule has 2 amide bonds. The number of pyridine rings is 1. The quantitative estimate of drug-likeness (QED) is 0.813. The van der Waals surface area contributed by atoms with Crippen LogP contribution >= 0.6 is 12.4 Å². The average Bonchev–Trinajstić information content (AvgIpc) is 3.01. The topological polar surface area (TPSA) is 65.5 Å². The lowest BCUT2D eigenvalue weighted by Gasteiger charge is -2.31. The maximum absolute atomic E-state index is 13.5. The molecule has 2 aromatic rings. The van der Waals surface area contributed by atoms with Crippen molar-refractivity contribution >= 4 is 24.2 Å². The number of amides is 2. The monoisotopic (exact) mass is 416 g/mol. The molecule has 0 saturated carbocycles. The van der Waals surface area contributed by atoms with E-state index in [1.807, 2.05) is 23.1 Å². The molecule has 1 fully saturated rings. The maximum Gasteiger partial charge on any atom is 0.254 e. The van der Waals surface area contributed by atoms with E-state index >= 15 is 0 Å². The molecule has 1 aromatic carbocycles. The molecule has 0 radical (unpaired) electrons. The van der Waals surface area contributed by atoms with Gasteiger partial charge in [-0.1, -0.05) is 12.1 Å². The van der Waals surface area contributed by atoms with Crippen LogP contribution in [0.15, 0.2) is 48.7 Å². The van der Waals surface area contributed by atoms with Crippen LogP contribution in [-0.2, 0) is 6.54 Å². The van der Waals surface area contributed by atoms with Crippen molar-refractivity contribution < 1.29 is 9.59 Å². The Balaban J connectivity index is 0.00000300. The zero-order valence-corrected chi connectivity index (χ0v) is 17.8. The molecule has 0 bridgehead atoms. The third-order valence-electron chi connectivity index (χ3n) is 5.07. The van der Waals surface area contributed by atoms with E-state index in [1.165, 1.54) is 4.90 Å². The van der Waals surface area contributed by atoms with E-state index in [0.717, 1.165) is 38.0 Å². The summed E-state index contributed by atoms with van der Waals surface area (Å²) < 4.78 is 0. The number of rotatable bonds is 5. The molecule has 1 aliphatic rings. The molecule has 1 saturated heterocycles. The molecular weight excluding hydrogens is 388 g/mol. The number of halogens is 1. The molecule has 1 unspecified atom stereocenters. The Bertz CT molecular complexity index is 805. The molecule has 29 heavy (non-hydrogen) atoms. The highest BCUT2D eigenvalue weighted by Gasteiger charge is 2.26. The second kappa shape index (κ2) is 10.9. The van der Waals surface area contributed by atoms with Gasteiger partial charge in [-0.15, -0.1) is 12.4 Å². The van der Waals surface area contributed by atoms with Crippen LogP contribution in [0.4, 0.5) is 0 Å². The molecule has 3 rings (SSSR count). The van der Waals surface area contributed by atoms with Gasteiger partial charge in [-0.25, -0.2) is 0 Å². The first-order valence-corrected chi connectivity index (χ1v) is 9.79. The normalized spacial score (nSPS) is 16.3. The van der Waals surface area contributed by atoms with Gasteiger partial charge in [0.1, 0.15) is 0 Å². The molecule has 2 heterocycles. The first-order chi connectivity index (χ1) is 13.6. The number of hydrogen-bond acceptors (Lipinski definition) is 4. The highest BCUT2D eigenvalue weighted by Crippen LogP contribution is 2.20. The van der Waals surface area contributed by atoms with Gasteiger partial charge in [-0.3, -0.25) is 14.6 Å². The van der Waals surface area contributed by atoms with E-state index in [1.54, 1.807) is 44.6 Å². The van der Waals surface area contributed by atoms with E-state index in [-0.39, 0.29) is 30.3 Å². The SMILES string of the molecule is CN(C)C(=O)c1cccc(C(=O)N(Cc2ccccn2)C2CCCNCC2)c1.Cl. The zero-order chi connectivity index (χ0) is 19.9.